The van der Waals surface area contributed by atoms with Crippen molar-refractivity contribution in [1.29, 1.82) is 0 Å². The van der Waals surface area contributed by atoms with Gasteiger partial charge >= 0.3 is 0 Å². The average Bonchev–Trinajstić information content (AvgIpc) is 0.811. The summed E-state index contributed by atoms with van der Waals surface area (Å²) >= 11 is 0. The van der Waals surface area contributed by atoms with E-state index in [0.717, 1.165) is 0 Å². The minimum absolute atomic E-state index is 0.833. The van der Waals surface area contributed by atoms with Gasteiger partial charge in [-0.25, -0.2) is 0 Å². The summed E-state index contributed by atoms with van der Waals surface area (Å²) < 4.78 is 0. The predicted molar refractivity (Wildman–Crippen MR) is 13.5 cm³/mol. The summed E-state index contributed by atoms with van der Waals surface area (Å²) in [4.78, 5) is 9.00. The summed E-state index contributed by atoms with van der Waals surface area (Å²) in [6.45, 7) is 4.25. The minimum atomic E-state index is -0.833. The number of carbonyl (C=O) groups is 1. The van der Waals surface area contributed by atoms with Crippen LogP contribution in [0.1, 0.15) is 0 Å². The molecule has 0 aromatic rings. The van der Waals surface area contributed by atoms with E-state index in [0.29, 0.717) is 0 Å². The number of primary amides is 1. The van der Waals surface area contributed by atoms with Gasteiger partial charge in [0.2, 0.25) is 5.91 Å². The first kappa shape index (κ1) is 3.47. The van der Waals surface area contributed by atoms with Crippen molar-refractivity contribution < 1.29 is 4.79 Å². The summed E-state index contributed by atoms with van der Waals surface area (Å²) in [5.74, 6) is -0.833. The smallest absolute Gasteiger partial charge is 0.222 e. The van der Waals surface area contributed by atoms with E-state index in [-0.39, 0.29) is 0 Å². The zero-order valence-corrected chi connectivity index (χ0v) is 2.06. The van der Waals surface area contributed by atoms with Crippen molar-refractivity contribution in [1.82, 2.24) is 0 Å². The van der Waals surface area contributed by atoms with Gasteiger partial charge in [0, 0.05) is 0 Å². The lowest BCUT2D eigenvalue weighted by Gasteiger charge is -1.59. The maximum Gasteiger partial charge on any atom is 0.222 e. The van der Waals surface area contributed by atoms with Crippen LogP contribution in [-0.4, -0.2) is 5.91 Å². The highest BCUT2D eigenvalue weighted by Crippen LogP contribution is 1.31. The summed E-state index contributed by atoms with van der Waals surface area (Å²) in [5.41, 5.74) is 4.25. The van der Waals surface area contributed by atoms with Gasteiger partial charge in [0.15, 0.2) is 0 Å². The van der Waals surface area contributed by atoms with Crippen LogP contribution in [-0.2, 0) is 4.79 Å². The van der Waals surface area contributed by atoms with Gasteiger partial charge in [-0.1, -0.05) is 0 Å². The fourth-order valence-corrected chi connectivity index (χ4v) is 0. The Morgan fingerprint density at radius 1 is 2.00 bits per heavy atom. The molecular weight excluding hydrogens is 54.0 g/mol. The van der Waals surface area contributed by atoms with Crippen molar-refractivity contribution in [3.63, 3.8) is 0 Å². The Balaban J connectivity index is 2.80. The molecular formula is C2H3NO. The fourth-order valence-electron chi connectivity index (χ4n) is 0. The molecule has 1 amide bonds. The molecule has 2 radical (unpaired) electrons. The lowest BCUT2D eigenvalue weighted by molar-refractivity contribution is -0.113. The van der Waals surface area contributed by atoms with Crippen molar-refractivity contribution >= 4 is 5.91 Å². The molecule has 2 N–H and O–H groups in total. The van der Waals surface area contributed by atoms with Gasteiger partial charge in [-0.3, -0.25) is 4.79 Å². The number of nitrogens with two attached hydrogens (primary N) is 1. The highest BCUT2D eigenvalue weighted by Gasteiger charge is 1.63. The third-order valence-corrected chi connectivity index (χ3v) is 0. The van der Waals surface area contributed by atoms with Crippen molar-refractivity contribution in [3.05, 3.63) is 6.92 Å². The maximum absolute atomic E-state index is 9.00. The average molecular weight is 57.1 g/mol. The quantitative estimate of drug-likeness (QED) is 0.388. The molecule has 0 fully saturated rings. The first-order valence-corrected chi connectivity index (χ1v) is 0.781. The molecule has 0 aromatic carbocycles. The number of amides is 1. The minimum Gasteiger partial charge on any atom is -0.369 e. The van der Waals surface area contributed by atoms with Crippen LogP contribution in [0.25, 0.3) is 0 Å². The zero-order chi connectivity index (χ0) is 3.58. The largest absolute Gasteiger partial charge is 0.369 e. The molecule has 0 aliphatic rings. The third kappa shape index (κ3) is 1.16. The molecule has 2 heteroatoms. The Bertz CT molecular complexity index is 29.0. The molecule has 0 unspecified atom stereocenters. The van der Waals surface area contributed by atoms with Crippen LogP contribution < -0.4 is 5.73 Å². The maximum atomic E-state index is 9.00. The monoisotopic (exact) mass is 57.0 g/mol. The molecule has 0 aliphatic heterocycles. The van der Waals surface area contributed by atoms with E-state index in [2.05, 4.69) is 12.7 Å². The van der Waals surface area contributed by atoms with E-state index in [1.54, 1.807) is 0 Å². The third-order valence-electron chi connectivity index (χ3n) is 0. The van der Waals surface area contributed by atoms with Gasteiger partial charge in [-0.05, 0) is 0 Å². The van der Waals surface area contributed by atoms with Crippen molar-refractivity contribution in [2.75, 3.05) is 0 Å². The van der Waals surface area contributed by atoms with Crippen LogP contribution in [0.4, 0.5) is 0 Å². The van der Waals surface area contributed by atoms with Crippen LogP contribution in [0.15, 0.2) is 0 Å². The van der Waals surface area contributed by atoms with Gasteiger partial charge in [0.25, 0.3) is 0 Å². The molecule has 0 spiro atoms. The highest BCUT2D eigenvalue weighted by atomic mass is 16.1. The molecule has 0 bridgehead atoms. The lowest BCUT2D eigenvalue weighted by Crippen LogP contribution is -2.02. The lowest BCUT2D eigenvalue weighted by atomic mass is 10.8. The van der Waals surface area contributed by atoms with E-state index in [4.69, 9.17) is 4.79 Å². The Hall–Kier alpha value is -0.530. The molecule has 0 saturated carbocycles. The van der Waals surface area contributed by atoms with E-state index in [9.17, 15) is 0 Å². The predicted octanol–water partition coefficient (Wildman–Crippen LogP) is -0.817. The molecule has 0 rings (SSSR count). The molecule has 22 valence electrons. The van der Waals surface area contributed by atoms with E-state index < -0.39 is 5.91 Å². The molecule has 4 heavy (non-hydrogen) atoms. The van der Waals surface area contributed by atoms with Crippen molar-refractivity contribution in [3.8, 4) is 0 Å². The molecule has 0 saturated heterocycles. The number of hydrogen-bond acceptors (Lipinski definition) is 1. The van der Waals surface area contributed by atoms with Crippen LogP contribution >= 0.6 is 0 Å². The molecule has 0 aliphatic carbocycles. The molecule has 0 aromatic heterocycles. The number of rotatable bonds is 0. The van der Waals surface area contributed by atoms with E-state index in [1.165, 1.54) is 0 Å². The number of hydrogen-bond donors (Lipinski definition) is 1. The Morgan fingerprint density at radius 3 is 2.00 bits per heavy atom. The highest BCUT2D eigenvalue weighted by molar-refractivity contribution is 5.77. The van der Waals surface area contributed by atoms with Gasteiger partial charge < -0.3 is 5.73 Å². The Labute approximate surface area is 24.6 Å². The second-order valence-electron chi connectivity index (χ2n) is 0.402. The van der Waals surface area contributed by atoms with Crippen molar-refractivity contribution in [2.45, 2.75) is 0 Å². The Morgan fingerprint density at radius 2 is 2.00 bits per heavy atom. The first-order chi connectivity index (χ1) is 1.73. The topological polar surface area (TPSA) is 43.1 Å². The van der Waals surface area contributed by atoms with Crippen LogP contribution in [0.3, 0.4) is 0 Å². The summed E-state index contributed by atoms with van der Waals surface area (Å²) in [5, 5.41) is 0. The SMILES string of the molecule is [CH]C(N)=O. The Kier molecular flexibility index (Phi) is 0.759. The summed E-state index contributed by atoms with van der Waals surface area (Å²) in [7, 11) is 0. The van der Waals surface area contributed by atoms with Crippen LogP contribution in [0.5, 0.6) is 0 Å². The van der Waals surface area contributed by atoms with Crippen molar-refractivity contribution in [2.24, 2.45) is 5.73 Å². The summed E-state index contributed by atoms with van der Waals surface area (Å²) in [6, 6.07) is 0. The van der Waals surface area contributed by atoms with E-state index in [1.807, 2.05) is 0 Å². The van der Waals surface area contributed by atoms with Crippen LogP contribution in [0, 0.1) is 6.92 Å². The summed E-state index contributed by atoms with van der Waals surface area (Å²) in [6.07, 6.45) is 0. The molecule has 2 nitrogen and oxygen atoms in total. The molecule has 0 heterocycles. The normalized spacial score (nSPS) is 6.25. The van der Waals surface area contributed by atoms with Gasteiger partial charge in [-0.15, -0.1) is 0 Å². The first-order valence-electron chi connectivity index (χ1n) is 0.781. The second-order valence-corrected chi connectivity index (χ2v) is 0.402. The zero-order valence-electron chi connectivity index (χ0n) is 2.06. The van der Waals surface area contributed by atoms with Gasteiger partial charge in [-0.2, -0.15) is 0 Å². The standard InChI is InChI=1S/C2H3NO/c1-2(3)4/h1H,(H2,3,4). The van der Waals surface area contributed by atoms with Gasteiger partial charge in [0.1, 0.15) is 0 Å². The second kappa shape index (κ2) is 0.875. The fraction of sp³-hybridized carbons (Fsp3) is 0. The van der Waals surface area contributed by atoms with Crippen LogP contribution in [0.2, 0.25) is 0 Å². The number of carbonyl (C=O) groups excluding carboxylic acids is 1. The van der Waals surface area contributed by atoms with Gasteiger partial charge in [0.05, 0.1) is 6.92 Å². The van der Waals surface area contributed by atoms with E-state index >= 15 is 0 Å². The molecule has 0 atom stereocenters.